The summed E-state index contributed by atoms with van der Waals surface area (Å²) < 4.78 is 20.8. The quantitative estimate of drug-likeness (QED) is 0.522. The first-order valence-electron chi connectivity index (χ1n) is 11.0. The van der Waals surface area contributed by atoms with Crippen LogP contribution in [-0.4, -0.2) is 46.8 Å². The molecule has 2 N–H and O–H groups in total. The van der Waals surface area contributed by atoms with Gasteiger partial charge in [0, 0.05) is 18.0 Å². The number of rotatable bonds is 7. The maximum Gasteiger partial charge on any atom is 0.322 e. The molecule has 0 radical (unpaired) electrons. The van der Waals surface area contributed by atoms with Gasteiger partial charge in [0.05, 0.1) is 24.2 Å². The van der Waals surface area contributed by atoms with Crippen LogP contribution in [-0.2, 0) is 10.2 Å². The van der Waals surface area contributed by atoms with E-state index in [0.29, 0.717) is 11.6 Å². The monoisotopic (exact) mass is 467 g/mol. The van der Waals surface area contributed by atoms with Crippen molar-refractivity contribution in [2.24, 2.45) is 0 Å². The van der Waals surface area contributed by atoms with Crippen LogP contribution in [0.15, 0.2) is 54.6 Å². The van der Waals surface area contributed by atoms with Gasteiger partial charge < -0.3 is 20.3 Å². The number of methoxy groups -OCH3 is 1. The molecule has 0 saturated heterocycles. The molecule has 0 fully saturated rings. The molecule has 0 unspecified atom stereocenters. The molecule has 1 aromatic heterocycles. The number of para-hydroxylation sites is 1. The molecule has 0 spiro atoms. The van der Waals surface area contributed by atoms with Crippen molar-refractivity contribution >= 4 is 23.4 Å². The summed E-state index contributed by atoms with van der Waals surface area (Å²) in [5.41, 5.74) is 1.35. The third-order valence-corrected chi connectivity index (χ3v) is 5.18. The Hall–Kier alpha value is -3.88. The third-order valence-electron chi connectivity index (χ3n) is 5.18. The van der Waals surface area contributed by atoms with Gasteiger partial charge in [-0.15, -0.1) is 0 Å². The van der Waals surface area contributed by atoms with Gasteiger partial charge in [-0.1, -0.05) is 32.9 Å². The molecule has 0 aliphatic carbocycles. The van der Waals surface area contributed by atoms with Crippen LogP contribution in [0.5, 0.6) is 5.75 Å². The number of hydrogen-bond acceptors (Lipinski definition) is 4. The van der Waals surface area contributed by atoms with Crippen LogP contribution in [0.4, 0.5) is 20.7 Å². The summed E-state index contributed by atoms with van der Waals surface area (Å²) in [6.07, 6.45) is 0. The zero-order valence-corrected chi connectivity index (χ0v) is 20.1. The number of hydrogen-bond donors (Lipinski definition) is 2. The second kappa shape index (κ2) is 10.4. The van der Waals surface area contributed by atoms with E-state index >= 15 is 0 Å². The van der Waals surface area contributed by atoms with Crippen molar-refractivity contribution in [3.8, 4) is 11.4 Å². The van der Waals surface area contributed by atoms with Crippen molar-refractivity contribution in [3.05, 3.63) is 66.1 Å². The Bertz CT molecular complexity index is 1150. The summed E-state index contributed by atoms with van der Waals surface area (Å²) >= 11 is 0. The number of urea groups is 1. The van der Waals surface area contributed by atoms with E-state index in [0.717, 1.165) is 11.4 Å². The first kappa shape index (κ1) is 24.8. The molecule has 9 heteroatoms. The minimum Gasteiger partial charge on any atom is -0.497 e. The molecule has 2 aromatic carbocycles. The topological polar surface area (TPSA) is 88.5 Å². The summed E-state index contributed by atoms with van der Waals surface area (Å²) in [6, 6.07) is 14.4. The van der Waals surface area contributed by atoms with Gasteiger partial charge in [-0.3, -0.25) is 4.79 Å². The molecule has 180 valence electrons. The molecule has 3 rings (SSSR count). The molecule has 34 heavy (non-hydrogen) atoms. The van der Waals surface area contributed by atoms with Crippen molar-refractivity contribution < 1.29 is 18.7 Å². The predicted molar refractivity (Wildman–Crippen MR) is 130 cm³/mol. The number of aromatic nitrogens is 2. The van der Waals surface area contributed by atoms with Crippen molar-refractivity contribution in [3.63, 3.8) is 0 Å². The zero-order valence-electron chi connectivity index (χ0n) is 20.1. The molecule has 3 aromatic rings. The molecule has 0 aliphatic heterocycles. The normalized spacial score (nSPS) is 11.1. The lowest BCUT2D eigenvalue weighted by molar-refractivity contribution is -0.116. The number of benzene rings is 2. The van der Waals surface area contributed by atoms with Gasteiger partial charge in [-0.2, -0.15) is 5.10 Å². The van der Waals surface area contributed by atoms with E-state index in [-0.39, 0.29) is 24.2 Å². The largest absolute Gasteiger partial charge is 0.497 e. The van der Waals surface area contributed by atoms with Gasteiger partial charge in [0.15, 0.2) is 0 Å². The van der Waals surface area contributed by atoms with Crippen molar-refractivity contribution in [2.75, 3.05) is 30.8 Å². The highest BCUT2D eigenvalue weighted by atomic mass is 19.1. The highest BCUT2D eigenvalue weighted by molar-refractivity contribution is 5.96. The fourth-order valence-electron chi connectivity index (χ4n) is 3.20. The van der Waals surface area contributed by atoms with Crippen LogP contribution in [0.3, 0.4) is 0 Å². The molecular formula is C25H30FN5O3. The number of carbonyl (C=O) groups is 2. The van der Waals surface area contributed by atoms with E-state index < -0.39 is 17.8 Å². The van der Waals surface area contributed by atoms with E-state index in [1.54, 1.807) is 24.8 Å². The number of carbonyl (C=O) groups excluding carboxylic acids is 2. The number of ether oxygens (including phenoxy) is 1. The van der Waals surface area contributed by atoms with Crippen LogP contribution < -0.4 is 15.4 Å². The average Bonchev–Trinajstić information content (AvgIpc) is 3.23. The van der Waals surface area contributed by atoms with Crippen LogP contribution >= 0.6 is 0 Å². The SMILES string of the molecule is CCN(CC(=O)Nc1cc(C(C)(C)C)nn1-c1ccc(OC)cc1)C(=O)Nc1ccccc1F. The maximum atomic E-state index is 13.9. The first-order valence-corrected chi connectivity index (χ1v) is 11.0. The van der Waals surface area contributed by atoms with Gasteiger partial charge in [0.2, 0.25) is 5.91 Å². The summed E-state index contributed by atoms with van der Waals surface area (Å²) in [7, 11) is 1.59. The van der Waals surface area contributed by atoms with Crippen LogP contribution in [0, 0.1) is 5.82 Å². The summed E-state index contributed by atoms with van der Waals surface area (Å²) in [5, 5.41) is 10.1. The molecule has 0 atom stereocenters. The number of amides is 3. The van der Waals surface area contributed by atoms with E-state index in [1.165, 1.54) is 23.1 Å². The predicted octanol–water partition coefficient (Wildman–Crippen LogP) is 4.81. The Morgan fingerprint density at radius 2 is 1.76 bits per heavy atom. The van der Waals surface area contributed by atoms with Crippen LogP contribution in [0.1, 0.15) is 33.4 Å². The summed E-state index contributed by atoms with van der Waals surface area (Å²) in [4.78, 5) is 26.8. The zero-order chi connectivity index (χ0) is 24.9. The van der Waals surface area contributed by atoms with Crippen molar-refractivity contribution in [2.45, 2.75) is 33.1 Å². The Labute approximate surface area is 198 Å². The van der Waals surface area contributed by atoms with Crippen molar-refractivity contribution in [1.29, 1.82) is 0 Å². The van der Waals surface area contributed by atoms with Crippen LogP contribution in [0.25, 0.3) is 5.69 Å². The molecule has 8 nitrogen and oxygen atoms in total. The minimum absolute atomic E-state index is 0.0544. The first-order chi connectivity index (χ1) is 16.1. The van der Waals surface area contributed by atoms with E-state index in [4.69, 9.17) is 4.74 Å². The Morgan fingerprint density at radius 1 is 1.09 bits per heavy atom. The number of nitrogens with one attached hydrogen (secondary N) is 2. The van der Waals surface area contributed by atoms with E-state index in [1.807, 2.05) is 51.1 Å². The smallest absolute Gasteiger partial charge is 0.322 e. The fraction of sp³-hybridized carbons (Fsp3) is 0.320. The number of halogens is 1. The lowest BCUT2D eigenvalue weighted by atomic mass is 9.92. The highest BCUT2D eigenvalue weighted by Crippen LogP contribution is 2.27. The highest BCUT2D eigenvalue weighted by Gasteiger charge is 2.23. The Morgan fingerprint density at radius 3 is 2.35 bits per heavy atom. The van der Waals surface area contributed by atoms with Crippen molar-refractivity contribution in [1.82, 2.24) is 14.7 Å². The Balaban J connectivity index is 1.78. The van der Waals surface area contributed by atoms with Gasteiger partial charge in [0.25, 0.3) is 0 Å². The van der Waals surface area contributed by atoms with E-state index in [2.05, 4.69) is 15.7 Å². The fourth-order valence-corrected chi connectivity index (χ4v) is 3.20. The van der Waals surface area contributed by atoms with Gasteiger partial charge in [0.1, 0.15) is 23.9 Å². The van der Waals surface area contributed by atoms with Gasteiger partial charge >= 0.3 is 6.03 Å². The van der Waals surface area contributed by atoms with Gasteiger partial charge in [-0.25, -0.2) is 13.9 Å². The van der Waals surface area contributed by atoms with Crippen LogP contribution in [0.2, 0.25) is 0 Å². The number of likely N-dealkylation sites (N-methyl/N-ethyl adjacent to an activating group) is 1. The molecule has 1 heterocycles. The average molecular weight is 468 g/mol. The Kier molecular flexibility index (Phi) is 7.55. The number of nitrogens with zero attached hydrogens (tertiary/aromatic N) is 3. The summed E-state index contributed by atoms with van der Waals surface area (Å²) in [5.74, 6) is 0.234. The molecular weight excluding hydrogens is 437 g/mol. The molecule has 0 saturated carbocycles. The molecule has 3 amide bonds. The third kappa shape index (κ3) is 5.92. The van der Waals surface area contributed by atoms with Gasteiger partial charge in [-0.05, 0) is 43.3 Å². The standard InChI is InChI=1S/C25H30FN5O3/c1-6-30(24(33)27-20-10-8-7-9-19(20)26)16-23(32)28-22-15-21(25(2,3)4)29-31(22)17-11-13-18(34-5)14-12-17/h7-15H,6,16H2,1-5H3,(H,27,33)(H,28,32). The minimum atomic E-state index is -0.568. The van der Waals surface area contributed by atoms with E-state index in [9.17, 15) is 14.0 Å². The summed E-state index contributed by atoms with van der Waals surface area (Å²) in [6.45, 7) is 7.89. The maximum absolute atomic E-state index is 13.9. The second-order valence-electron chi connectivity index (χ2n) is 8.75. The molecule has 0 bridgehead atoms. The molecule has 0 aliphatic rings. The lowest BCUT2D eigenvalue weighted by Gasteiger charge is -2.21. The second-order valence-corrected chi connectivity index (χ2v) is 8.75. The number of anilines is 2. The lowest BCUT2D eigenvalue weighted by Crippen LogP contribution is -2.40.